The first-order valence-corrected chi connectivity index (χ1v) is 2.12. The highest BCUT2D eigenvalue weighted by atomic mass is 35.5. The molecule has 0 saturated heterocycles. The van der Waals surface area contributed by atoms with Gasteiger partial charge in [0.2, 0.25) is 0 Å². The van der Waals surface area contributed by atoms with Gasteiger partial charge in [-0.25, -0.2) is 4.39 Å². The lowest BCUT2D eigenvalue weighted by Crippen LogP contribution is -2.20. The summed E-state index contributed by atoms with van der Waals surface area (Å²) in [4.78, 5) is 0. The third-order valence-electron chi connectivity index (χ3n) is 0.723. The van der Waals surface area contributed by atoms with Gasteiger partial charge in [-0.3, -0.25) is 0 Å². The Kier molecular flexibility index (Phi) is 9.02. The van der Waals surface area contributed by atoms with Crippen molar-refractivity contribution in [2.24, 2.45) is 5.73 Å². The Morgan fingerprint density at radius 1 is 1.71 bits per heavy atom. The standard InChI is InChI=1S/C4H10FN.ClH/c1-2-4(6)3-5;/h4H,2-3,6H2,1H3;1H. The first kappa shape index (κ1) is 10.2. The van der Waals surface area contributed by atoms with Crippen LogP contribution in [0.25, 0.3) is 0 Å². The van der Waals surface area contributed by atoms with Crippen molar-refractivity contribution in [1.82, 2.24) is 0 Å². The molecule has 0 spiro atoms. The van der Waals surface area contributed by atoms with Crippen LogP contribution in [0.4, 0.5) is 4.39 Å². The SMILES string of the molecule is CCC(N)CF.Cl. The summed E-state index contributed by atoms with van der Waals surface area (Å²) in [6, 6.07) is -0.231. The molecule has 1 nitrogen and oxygen atoms in total. The summed E-state index contributed by atoms with van der Waals surface area (Å²) in [5.74, 6) is 0. The van der Waals surface area contributed by atoms with Crippen LogP contribution in [0.3, 0.4) is 0 Å². The zero-order chi connectivity index (χ0) is 4.99. The number of hydrogen-bond acceptors (Lipinski definition) is 1. The van der Waals surface area contributed by atoms with E-state index >= 15 is 0 Å². The molecule has 1 atom stereocenters. The minimum Gasteiger partial charge on any atom is -0.325 e. The molecular weight excluding hydrogens is 117 g/mol. The average molecular weight is 128 g/mol. The van der Waals surface area contributed by atoms with E-state index in [1.807, 2.05) is 6.92 Å². The van der Waals surface area contributed by atoms with Crippen LogP contribution in [0.15, 0.2) is 0 Å². The monoisotopic (exact) mass is 127 g/mol. The largest absolute Gasteiger partial charge is 0.325 e. The number of rotatable bonds is 2. The Morgan fingerprint density at radius 2 is 2.14 bits per heavy atom. The van der Waals surface area contributed by atoms with Crippen molar-refractivity contribution in [2.75, 3.05) is 6.67 Å². The van der Waals surface area contributed by atoms with Crippen molar-refractivity contribution in [1.29, 1.82) is 0 Å². The normalized spacial score (nSPS) is 12.4. The molecule has 0 aromatic carbocycles. The van der Waals surface area contributed by atoms with Crippen molar-refractivity contribution < 1.29 is 4.39 Å². The van der Waals surface area contributed by atoms with Gasteiger partial charge in [-0.2, -0.15) is 0 Å². The molecule has 0 bridgehead atoms. The maximum atomic E-state index is 11.3. The van der Waals surface area contributed by atoms with Gasteiger partial charge in [0.05, 0.1) is 0 Å². The van der Waals surface area contributed by atoms with Crippen molar-refractivity contribution >= 4 is 12.4 Å². The molecule has 0 radical (unpaired) electrons. The van der Waals surface area contributed by atoms with Gasteiger partial charge < -0.3 is 5.73 Å². The highest BCUT2D eigenvalue weighted by Gasteiger charge is 1.92. The summed E-state index contributed by atoms with van der Waals surface area (Å²) in [7, 11) is 0. The van der Waals surface area contributed by atoms with Crippen LogP contribution in [0.1, 0.15) is 13.3 Å². The van der Waals surface area contributed by atoms with Crippen molar-refractivity contribution in [3.63, 3.8) is 0 Å². The quantitative estimate of drug-likeness (QED) is 0.591. The molecule has 0 fully saturated rings. The molecule has 7 heavy (non-hydrogen) atoms. The van der Waals surface area contributed by atoms with Gasteiger partial charge in [-0.1, -0.05) is 6.92 Å². The lowest BCUT2D eigenvalue weighted by molar-refractivity contribution is 0.422. The van der Waals surface area contributed by atoms with E-state index in [-0.39, 0.29) is 18.4 Å². The minimum atomic E-state index is -0.392. The first-order valence-electron chi connectivity index (χ1n) is 2.12. The fourth-order valence-electron chi connectivity index (χ4n) is 0.109. The van der Waals surface area contributed by atoms with Gasteiger partial charge in [-0.15, -0.1) is 12.4 Å². The maximum Gasteiger partial charge on any atom is 0.104 e. The lowest BCUT2D eigenvalue weighted by atomic mass is 10.3. The Bertz CT molecular complexity index is 30.9. The van der Waals surface area contributed by atoms with Crippen LogP contribution in [-0.4, -0.2) is 12.7 Å². The summed E-state index contributed by atoms with van der Waals surface area (Å²) in [5, 5.41) is 0. The second kappa shape index (κ2) is 6.18. The molecule has 0 aliphatic carbocycles. The van der Waals surface area contributed by atoms with Crippen molar-refractivity contribution in [2.45, 2.75) is 19.4 Å². The minimum absolute atomic E-state index is 0. The number of hydrogen-bond donors (Lipinski definition) is 1. The van der Waals surface area contributed by atoms with E-state index in [0.717, 1.165) is 6.42 Å². The third-order valence-corrected chi connectivity index (χ3v) is 0.723. The Labute approximate surface area is 49.5 Å². The van der Waals surface area contributed by atoms with Crippen LogP contribution in [0.2, 0.25) is 0 Å². The predicted molar refractivity (Wildman–Crippen MR) is 31.5 cm³/mol. The summed E-state index contributed by atoms with van der Waals surface area (Å²) in [6.07, 6.45) is 0.733. The highest BCUT2D eigenvalue weighted by molar-refractivity contribution is 5.85. The number of nitrogens with two attached hydrogens (primary N) is 1. The smallest absolute Gasteiger partial charge is 0.104 e. The van der Waals surface area contributed by atoms with Gasteiger partial charge in [0.15, 0.2) is 0 Å². The van der Waals surface area contributed by atoms with E-state index in [4.69, 9.17) is 5.73 Å². The highest BCUT2D eigenvalue weighted by Crippen LogP contribution is 1.83. The van der Waals surface area contributed by atoms with Gasteiger partial charge in [-0.05, 0) is 6.42 Å². The van der Waals surface area contributed by atoms with Gasteiger partial charge in [0.25, 0.3) is 0 Å². The number of alkyl halides is 1. The fraction of sp³-hybridized carbons (Fsp3) is 1.00. The molecule has 3 heteroatoms. The Balaban J connectivity index is 0. The summed E-state index contributed by atoms with van der Waals surface area (Å²) < 4.78 is 11.3. The third kappa shape index (κ3) is 6.18. The summed E-state index contributed by atoms with van der Waals surface area (Å²) in [5.41, 5.74) is 5.10. The fourth-order valence-corrected chi connectivity index (χ4v) is 0.109. The molecular formula is C4H11ClFN. The maximum absolute atomic E-state index is 11.3. The van der Waals surface area contributed by atoms with E-state index in [0.29, 0.717) is 0 Å². The second-order valence-electron chi connectivity index (χ2n) is 1.32. The zero-order valence-electron chi connectivity index (χ0n) is 4.36. The molecule has 0 heterocycles. The average Bonchev–Trinajstić information content (AvgIpc) is 1.65. The molecule has 1 unspecified atom stereocenters. The molecule has 0 rings (SSSR count). The van der Waals surface area contributed by atoms with Crippen molar-refractivity contribution in [3.05, 3.63) is 0 Å². The predicted octanol–water partition coefficient (Wildman–Crippen LogP) is 1.11. The van der Waals surface area contributed by atoms with E-state index in [1.165, 1.54) is 0 Å². The van der Waals surface area contributed by atoms with Crippen LogP contribution in [0.5, 0.6) is 0 Å². The first-order chi connectivity index (χ1) is 2.81. The topological polar surface area (TPSA) is 26.0 Å². The van der Waals surface area contributed by atoms with Crippen molar-refractivity contribution in [3.8, 4) is 0 Å². The molecule has 46 valence electrons. The lowest BCUT2D eigenvalue weighted by Gasteiger charge is -1.96. The number of halogens is 2. The van der Waals surface area contributed by atoms with E-state index < -0.39 is 6.67 Å². The molecule has 0 amide bonds. The van der Waals surface area contributed by atoms with Gasteiger partial charge in [0, 0.05) is 6.04 Å². The second-order valence-corrected chi connectivity index (χ2v) is 1.32. The molecule has 0 aromatic heterocycles. The molecule has 0 aromatic rings. The van der Waals surface area contributed by atoms with Crippen LogP contribution < -0.4 is 5.73 Å². The van der Waals surface area contributed by atoms with Crippen LogP contribution in [0, 0.1) is 0 Å². The molecule has 0 saturated carbocycles. The van der Waals surface area contributed by atoms with Gasteiger partial charge in [0.1, 0.15) is 6.67 Å². The summed E-state index contributed by atoms with van der Waals surface area (Å²) >= 11 is 0. The van der Waals surface area contributed by atoms with Gasteiger partial charge >= 0.3 is 0 Å². The Morgan fingerprint density at radius 3 is 2.14 bits per heavy atom. The van der Waals surface area contributed by atoms with E-state index in [2.05, 4.69) is 0 Å². The molecule has 0 aliphatic rings. The molecule has 2 N–H and O–H groups in total. The molecule has 0 aliphatic heterocycles. The zero-order valence-corrected chi connectivity index (χ0v) is 5.17. The van der Waals surface area contributed by atoms with E-state index in [9.17, 15) is 4.39 Å². The van der Waals surface area contributed by atoms with Crippen LogP contribution >= 0.6 is 12.4 Å². The van der Waals surface area contributed by atoms with Crippen LogP contribution in [-0.2, 0) is 0 Å². The van der Waals surface area contributed by atoms with E-state index in [1.54, 1.807) is 0 Å². The Hall–Kier alpha value is 0.180. The summed E-state index contributed by atoms with van der Waals surface area (Å²) in [6.45, 7) is 1.47.